The molecule has 2 fully saturated rings. The van der Waals surface area contributed by atoms with Gasteiger partial charge in [-0.3, -0.25) is 9.69 Å². The van der Waals surface area contributed by atoms with Crippen LogP contribution in [0.15, 0.2) is 29.2 Å². The number of carbonyl (C=O) groups excluding carboxylic acids is 1. The van der Waals surface area contributed by atoms with Crippen LogP contribution in [-0.4, -0.2) is 87.5 Å². The number of methoxy groups -OCH3 is 1. The number of rotatable bonds is 6. The summed E-state index contributed by atoms with van der Waals surface area (Å²) in [7, 11) is -2.12. The molecule has 2 saturated heterocycles. The second-order valence-corrected chi connectivity index (χ2v) is 8.81. The molecule has 2 aliphatic rings. The number of halogens is 1. The van der Waals surface area contributed by atoms with E-state index in [9.17, 15) is 17.6 Å². The van der Waals surface area contributed by atoms with E-state index in [1.54, 1.807) is 12.0 Å². The fraction of sp³-hybridized carbons (Fsp3) is 0.611. The summed E-state index contributed by atoms with van der Waals surface area (Å²) in [6, 6.07) is 4.89. The zero-order valence-electron chi connectivity index (χ0n) is 15.5. The average molecular weight is 399 g/mol. The van der Waals surface area contributed by atoms with Crippen LogP contribution in [0.1, 0.15) is 12.8 Å². The van der Waals surface area contributed by atoms with Gasteiger partial charge in [0.2, 0.25) is 15.9 Å². The van der Waals surface area contributed by atoms with Gasteiger partial charge in [0.15, 0.2) is 0 Å². The van der Waals surface area contributed by atoms with Gasteiger partial charge in [-0.1, -0.05) is 6.07 Å². The van der Waals surface area contributed by atoms with Crippen molar-refractivity contribution in [1.82, 2.24) is 14.1 Å². The number of benzene rings is 1. The number of hydrogen-bond acceptors (Lipinski definition) is 5. The first-order chi connectivity index (χ1) is 12.9. The highest BCUT2D eigenvalue weighted by Gasteiger charge is 2.37. The molecule has 1 amide bonds. The van der Waals surface area contributed by atoms with Gasteiger partial charge in [0.1, 0.15) is 5.82 Å². The van der Waals surface area contributed by atoms with Gasteiger partial charge in [-0.15, -0.1) is 0 Å². The molecule has 0 N–H and O–H groups in total. The maximum atomic E-state index is 13.4. The van der Waals surface area contributed by atoms with E-state index in [-0.39, 0.29) is 16.8 Å². The summed E-state index contributed by atoms with van der Waals surface area (Å²) in [5.41, 5.74) is 0. The molecule has 3 rings (SSSR count). The second-order valence-electron chi connectivity index (χ2n) is 6.87. The van der Waals surface area contributed by atoms with Crippen molar-refractivity contribution in [1.29, 1.82) is 0 Å². The van der Waals surface area contributed by atoms with E-state index in [0.717, 1.165) is 12.5 Å². The first-order valence-electron chi connectivity index (χ1n) is 9.21. The van der Waals surface area contributed by atoms with Gasteiger partial charge in [-0.2, -0.15) is 4.31 Å². The summed E-state index contributed by atoms with van der Waals surface area (Å²) < 4.78 is 45.5. The quantitative estimate of drug-likeness (QED) is 0.707. The molecule has 0 radical (unpaired) electrons. The highest BCUT2D eigenvalue weighted by Crippen LogP contribution is 2.22. The summed E-state index contributed by atoms with van der Waals surface area (Å²) in [5.74, 6) is -0.478. The van der Waals surface area contributed by atoms with E-state index in [0.29, 0.717) is 52.3 Å². The second kappa shape index (κ2) is 8.64. The number of sulfonamides is 1. The minimum absolute atomic E-state index is 0.0290. The zero-order chi connectivity index (χ0) is 19.4. The van der Waals surface area contributed by atoms with Gasteiger partial charge in [0, 0.05) is 46.4 Å². The molecule has 7 nitrogen and oxygen atoms in total. The van der Waals surface area contributed by atoms with Crippen molar-refractivity contribution >= 4 is 15.9 Å². The van der Waals surface area contributed by atoms with Gasteiger partial charge in [0.25, 0.3) is 0 Å². The summed E-state index contributed by atoms with van der Waals surface area (Å²) in [4.78, 5) is 16.5. The maximum Gasteiger partial charge on any atom is 0.243 e. The Kier molecular flexibility index (Phi) is 6.46. The van der Waals surface area contributed by atoms with Crippen LogP contribution < -0.4 is 0 Å². The monoisotopic (exact) mass is 399 g/mol. The lowest BCUT2D eigenvalue weighted by molar-refractivity contribution is -0.132. The normalized spacial score (nSPS) is 23.0. The van der Waals surface area contributed by atoms with Crippen LogP contribution in [0.4, 0.5) is 4.39 Å². The van der Waals surface area contributed by atoms with Crippen molar-refractivity contribution in [3.05, 3.63) is 30.1 Å². The molecule has 1 atom stereocenters. The molecule has 9 heteroatoms. The lowest BCUT2D eigenvalue weighted by atomic mass is 10.2. The molecule has 0 spiro atoms. The van der Waals surface area contributed by atoms with Crippen molar-refractivity contribution in [3.8, 4) is 0 Å². The fourth-order valence-corrected chi connectivity index (χ4v) is 5.23. The third kappa shape index (κ3) is 4.48. The van der Waals surface area contributed by atoms with Crippen molar-refractivity contribution < 1.29 is 22.3 Å². The summed E-state index contributed by atoms with van der Waals surface area (Å²) >= 11 is 0. The first kappa shape index (κ1) is 20.2. The molecule has 0 saturated carbocycles. The Morgan fingerprint density at radius 3 is 2.74 bits per heavy atom. The summed E-state index contributed by atoms with van der Waals surface area (Å²) in [6.45, 7) is 3.61. The van der Waals surface area contributed by atoms with E-state index in [4.69, 9.17) is 4.74 Å². The van der Waals surface area contributed by atoms with Crippen molar-refractivity contribution in [2.45, 2.75) is 23.8 Å². The van der Waals surface area contributed by atoms with Crippen LogP contribution >= 0.6 is 0 Å². The SMILES string of the molecule is COCCN1CC[C@H](N2CCCN(S(=O)(=O)c3cccc(F)c3)CC2)C1=O. The van der Waals surface area contributed by atoms with Crippen LogP contribution in [-0.2, 0) is 19.6 Å². The van der Waals surface area contributed by atoms with E-state index >= 15 is 0 Å². The van der Waals surface area contributed by atoms with E-state index in [2.05, 4.69) is 4.90 Å². The molecule has 2 aliphatic heterocycles. The number of carbonyl (C=O) groups is 1. The van der Waals surface area contributed by atoms with Crippen LogP contribution in [0.25, 0.3) is 0 Å². The van der Waals surface area contributed by atoms with Crippen LogP contribution in [0, 0.1) is 5.82 Å². The molecule has 150 valence electrons. The topological polar surface area (TPSA) is 70.2 Å². The van der Waals surface area contributed by atoms with E-state index < -0.39 is 15.8 Å². The molecule has 2 heterocycles. The third-order valence-corrected chi connectivity index (χ3v) is 7.09. The molecule has 0 unspecified atom stereocenters. The Bertz CT molecular complexity index is 774. The summed E-state index contributed by atoms with van der Waals surface area (Å²) in [6.07, 6.45) is 1.38. The predicted molar refractivity (Wildman–Crippen MR) is 98.2 cm³/mol. The number of likely N-dealkylation sites (tertiary alicyclic amines) is 1. The Balaban J connectivity index is 1.65. The van der Waals surface area contributed by atoms with Crippen molar-refractivity contribution in [2.24, 2.45) is 0 Å². The Morgan fingerprint density at radius 2 is 2.00 bits per heavy atom. The molecule has 1 aromatic carbocycles. The number of hydrogen-bond donors (Lipinski definition) is 0. The molecular formula is C18H26FN3O4S. The van der Waals surface area contributed by atoms with Gasteiger partial charge < -0.3 is 9.64 Å². The van der Waals surface area contributed by atoms with Crippen molar-refractivity contribution in [3.63, 3.8) is 0 Å². The van der Waals surface area contributed by atoms with Crippen LogP contribution in [0.3, 0.4) is 0 Å². The number of nitrogens with zero attached hydrogens (tertiary/aromatic N) is 3. The standard InChI is InChI=1S/C18H26FN3O4S/c1-26-13-12-21-9-6-17(18(21)23)20-7-3-8-22(11-10-20)27(24,25)16-5-2-4-15(19)14-16/h2,4-5,14,17H,3,6-13H2,1H3/t17-/m0/s1. The Labute approximate surface area is 159 Å². The average Bonchev–Trinajstić information content (AvgIpc) is 2.85. The smallest absolute Gasteiger partial charge is 0.243 e. The molecule has 1 aromatic rings. The zero-order valence-corrected chi connectivity index (χ0v) is 16.3. The van der Waals surface area contributed by atoms with Gasteiger partial charge in [-0.05, 0) is 31.0 Å². The molecule has 0 bridgehead atoms. The van der Waals surface area contributed by atoms with E-state index in [1.165, 1.54) is 22.5 Å². The maximum absolute atomic E-state index is 13.4. The van der Waals surface area contributed by atoms with Gasteiger partial charge >= 0.3 is 0 Å². The minimum atomic E-state index is -3.74. The molecule has 0 aliphatic carbocycles. The van der Waals surface area contributed by atoms with Crippen LogP contribution in [0.2, 0.25) is 0 Å². The highest BCUT2D eigenvalue weighted by atomic mass is 32.2. The van der Waals surface area contributed by atoms with Gasteiger partial charge in [0.05, 0.1) is 17.5 Å². The number of ether oxygens (including phenoxy) is 1. The Hall–Kier alpha value is -1.55. The van der Waals surface area contributed by atoms with Crippen molar-refractivity contribution in [2.75, 3.05) is 53.0 Å². The van der Waals surface area contributed by atoms with Gasteiger partial charge in [-0.25, -0.2) is 12.8 Å². The lowest BCUT2D eigenvalue weighted by Crippen LogP contribution is -2.44. The lowest BCUT2D eigenvalue weighted by Gasteiger charge is -2.26. The Morgan fingerprint density at radius 1 is 1.19 bits per heavy atom. The number of amides is 1. The largest absolute Gasteiger partial charge is 0.383 e. The minimum Gasteiger partial charge on any atom is -0.383 e. The third-order valence-electron chi connectivity index (χ3n) is 5.20. The first-order valence-corrected chi connectivity index (χ1v) is 10.6. The highest BCUT2D eigenvalue weighted by molar-refractivity contribution is 7.89. The predicted octanol–water partition coefficient (Wildman–Crippen LogP) is 0.769. The summed E-state index contributed by atoms with van der Waals surface area (Å²) in [5, 5.41) is 0. The van der Waals surface area contributed by atoms with E-state index in [1.807, 2.05) is 0 Å². The molecule has 27 heavy (non-hydrogen) atoms. The fourth-order valence-electron chi connectivity index (χ4n) is 3.73. The molecular weight excluding hydrogens is 373 g/mol. The van der Waals surface area contributed by atoms with Crippen LogP contribution in [0.5, 0.6) is 0 Å². The molecule has 0 aromatic heterocycles.